The zero-order valence-corrected chi connectivity index (χ0v) is 10.1. The first kappa shape index (κ1) is 14.3. The Hall–Kier alpha value is -0.710. The Bertz CT molecular complexity index is 325. The van der Waals surface area contributed by atoms with Gasteiger partial charge in [-0.2, -0.15) is 0 Å². The van der Waals surface area contributed by atoms with Gasteiger partial charge in [0.2, 0.25) is 0 Å². The van der Waals surface area contributed by atoms with Gasteiger partial charge < -0.3 is 15.6 Å². The van der Waals surface area contributed by atoms with Crippen molar-refractivity contribution in [1.29, 1.82) is 0 Å². The highest BCUT2D eigenvalue weighted by Gasteiger charge is 2.09. The number of aromatic nitrogens is 1. The Morgan fingerprint density at radius 1 is 1.67 bits per heavy atom. The molecule has 0 fully saturated rings. The highest BCUT2D eigenvalue weighted by Crippen LogP contribution is 2.12. The minimum Gasteiger partial charge on any atom is -0.351 e. The summed E-state index contributed by atoms with van der Waals surface area (Å²) in [5, 5.41) is 3.32. The molecule has 6 heteroatoms. The minimum atomic E-state index is -0.118. The number of amides is 1. The van der Waals surface area contributed by atoms with E-state index >= 15 is 0 Å². The third kappa shape index (κ3) is 4.11. The predicted molar refractivity (Wildman–Crippen MR) is 63.7 cm³/mol. The van der Waals surface area contributed by atoms with Crippen molar-refractivity contribution in [2.45, 2.75) is 6.42 Å². The maximum atomic E-state index is 11.5. The van der Waals surface area contributed by atoms with Crippen LogP contribution in [-0.4, -0.2) is 23.6 Å². The number of halogens is 2. The second kappa shape index (κ2) is 6.71. The topological polar surface area (TPSA) is 60.0 Å². The smallest absolute Gasteiger partial charge is 0.267 e. The zero-order chi connectivity index (χ0) is 10.6. The third-order valence-electron chi connectivity index (χ3n) is 1.87. The van der Waals surface area contributed by atoms with Crippen molar-refractivity contribution in [3.05, 3.63) is 23.0 Å². The molecule has 0 saturated heterocycles. The molecule has 0 bridgehead atoms. The van der Waals surface area contributed by atoms with Crippen LogP contribution in [0.2, 0.25) is 5.02 Å². The largest absolute Gasteiger partial charge is 0.351 e. The lowest BCUT2D eigenvalue weighted by Crippen LogP contribution is -2.27. The minimum absolute atomic E-state index is 0. The van der Waals surface area contributed by atoms with Gasteiger partial charge in [0.05, 0.1) is 5.02 Å². The fourth-order valence-electron chi connectivity index (χ4n) is 1.14. The number of nitrogens with one attached hydrogen (secondary N) is 1. The van der Waals surface area contributed by atoms with Gasteiger partial charge in [-0.3, -0.25) is 4.79 Å². The number of hydrogen-bond donors (Lipinski definition) is 2. The summed E-state index contributed by atoms with van der Waals surface area (Å²) in [5.74, 6) is -0.118. The summed E-state index contributed by atoms with van der Waals surface area (Å²) in [6.07, 6.45) is 2.48. The summed E-state index contributed by atoms with van der Waals surface area (Å²) in [6.45, 7) is 1.17. The molecule has 1 rings (SSSR count). The Kier molecular flexibility index (Phi) is 6.40. The van der Waals surface area contributed by atoms with Gasteiger partial charge in [-0.15, -0.1) is 12.4 Å². The van der Waals surface area contributed by atoms with Crippen molar-refractivity contribution in [2.75, 3.05) is 13.1 Å². The number of nitrogens with two attached hydrogens (primary N) is 1. The van der Waals surface area contributed by atoms with Crippen LogP contribution in [0, 0.1) is 0 Å². The quantitative estimate of drug-likeness (QED) is 0.790. The first-order valence-electron chi connectivity index (χ1n) is 4.45. The number of aryl methyl sites for hydroxylation is 1. The van der Waals surface area contributed by atoms with E-state index in [-0.39, 0.29) is 18.3 Å². The average Bonchev–Trinajstić information content (AvgIpc) is 2.45. The van der Waals surface area contributed by atoms with Gasteiger partial charge in [0, 0.05) is 19.8 Å². The van der Waals surface area contributed by atoms with Crippen molar-refractivity contribution < 1.29 is 4.79 Å². The monoisotopic (exact) mass is 251 g/mol. The first-order valence-corrected chi connectivity index (χ1v) is 4.83. The van der Waals surface area contributed by atoms with Gasteiger partial charge in [-0.1, -0.05) is 11.6 Å². The molecular formula is C9H15Cl2N3O. The lowest BCUT2D eigenvalue weighted by atomic mass is 10.3. The van der Waals surface area contributed by atoms with Crippen molar-refractivity contribution in [1.82, 2.24) is 9.88 Å². The Morgan fingerprint density at radius 2 is 2.33 bits per heavy atom. The van der Waals surface area contributed by atoms with E-state index in [1.54, 1.807) is 23.9 Å². The van der Waals surface area contributed by atoms with Gasteiger partial charge in [0.1, 0.15) is 5.69 Å². The van der Waals surface area contributed by atoms with Crippen LogP contribution in [0.25, 0.3) is 0 Å². The van der Waals surface area contributed by atoms with Crippen LogP contribution >= 0.6 is 24.0 Å². The summed E-state index contributed by atoms with van der Waals surface area (Å²) in [4.78, 5) is 11.5. The fourth-order valence-corrected chi connectivity index (χ4v) is 1.39. The Labute approximate surface area is 100 Å². The standard InChI is InChI=1S/C9H14ClN3O.ClH/c1-13-6-7(10)5-8(13)9(14)12-4-2-3-11;/h5-6H,2-4,11H2,1H3,(H,12,14);1H. The number of hydrogen-bond acceptors (Lipinski definition) is 2. The molecule has 4 nitrogen and oxygen atoms in total. The summed E-state index contributed by atoms with van der Waals surface area (Å²) in [7, 11) is 1.78. The summed E-state index contributed by atoms with van der Waals surface area (Å²) < 4.78 is 1.69. The molecule has 0 aromatic carbocycles. The van der Waals surface area contributed by atoms with E-state index in [2.05, 4.69) is 5.32 Å². The Morgan fingerprint density at radius 3 is 2.80 bits per heavy atom. The lowest BCUT2D eigenvalue weighted by Gasteiger charge is -2.04. The van der Waals surface area contributed by atoms with Crippen LogP contribution in [-0.2, 0) is 7.05 Å². The SMILES string of the molecule is Cl.Cn1cc(Cl)cc1C(=O)NCCCN. The van der Waals surface area contributed by atoms with Crippen LogP contribution in [0.15, 0.2) is 12.3 Å². The summed E-state index contributed by atoms with van der Waals surface area (Å²) in [6, 6.07) is 1.64. The maximum Gasteiger partial charge on any atom is 0.267 e. The summed E-state index contributed by atoms with van der Waals surface area (Å²) >= 11 is 5.75. The van der Waals surface area contributed by atoms with Crippen molar-refractivity contribution in [2.24, 2.45) is 12.8 Å². The number of carbonyl (C=O) groups excluding carboxylic acids is 1. The van der Waals surface area contributed by atoms with E-state index in [9.17, 15) is 4.79 Å². The summed E-state index contributed by atoms with van der Waals surface area (Å²) in [5.41, 5.74) is 5.87. The molecule has 0 aliphatic carbocycles. The average molecular weight is 252 g/mol. The molecule has 1 amide bonds. The molecule has 0 spiro atoms. The highest BCUT2D eigenvalue weighted by atomic mass is 35.5. The third-order valence-corrected chi connectivity index (χ3v) is 2.08. The van der Waals surface area contributed by atoms with E-state index in [4.69, 9.17) is 17.3 Å². The Balaban J connectivity index is 0.00000196. The molecule has 1 aromatic rings. The highest BCUT2D eigenvalue weighted by molar-refractivity contribution is 6.31. The van der Waals surface area contributed by atoms with E-state index < -0.39 is 0 Å². The van der Waals surface area contributed by atoms with Crippen LogP contribution in [0.5, 0.6) is 0 Å². The van der Waals surface area contributed by atoms with Gasteiger partial charge in [0.15, 0.2) is 0 Å². The first-order chi connectivity index (χ1) is 6.65. The molecule has 1 aromatic heterocycles. The van der Waals surface area contributed by atoms with Crippen LogP contribution < -0.4 is 11.1 Å². The van der Waals surface area contributed by atoms with Crippen LogP contribution in [0.4, 0.5) is 0 Å². The van der Waals surface area contributed by atoms with Gasteiger partial charge in [0.25, 0.3) is 5.91 Å². The second-order valence-corrected chi connectivity index (χ2v) is 3.49. The van der Waals surface area contributed by atoms with E-state index in [1.807, 2.05) is 0 Å². The molecule has 0 aliphatic rings. The van der Waals surface area contributed by atoms with Gasteiger partial charge in [-0.05, 0) is 19.0 Å². The molecule has 3 N–H and O–H groups in total. The van der Waals surface area contributed by atoms with Crippen LogP contribution in [0.3, 0.4) is 0 Å². The molecule has 0 radical (unpaired) electrons. The van der Waals surface area contributed by atoms with Gasteiger partial charge in [-0.25, -0.2) is 0 Å². The van der Waals surface area contributed by atoms with E-state index in [1.165, 1.54) is 0 Å². The van der Waals surface area contributed by atoms with Crippen molar-refractivity contribution in [3.63, 3.8) is 0 Å². The molecule has 0 saturated carbocycles. The predicted octanol–water partition coefficient (Wildman–Crippen LogP) is 1.18. The van der Waals surface area contributed by atoms with E-state index in [0.29, 0.717) is 23.8 Å². The second-order valence-electron chi connectivity index (χ2n) is 3.05. The number of nitrogens with zero attached hydrogens (tertiary/aromatic N) is 1. The molecule has 86 valence electrons. The normalized spacial score (nSPS) is 9.53. The molecular weight excluding hydrogens is 237 g/mol. The molecule has 15 heavy (non-hydrogen) atoms. The maximum absolute atomic E-state index is 11.5. The van der Waals surface area contributed by atoms with Gasteiger partial charge >= 0.3 is 0 Å². The number of carbonyl (C=O) groups is 1. The zero-order valence-electron chi connectivity index (χ0n) is 8.50. The molecule has 1 heterocycles. The lowest BCUT2D eigenvalue weighted by molar-refractivity contribution is 0.0945. The fraction of sp³-hybridized carbons (Fsp3) is 0.444. The van der Waals surface area contributed by atoms with Crippen molar-refractivity contribution >= 4 is 29.9 Å². The van der Waals surface area contributed by atoms with Crippen molar-refractivity contribution in [3.8, 4) is 0 Å². The number of rotatable bonds is 4. The molecule has 0 unspecified atom stereocenters. The van der Waals surface area contributed by atoms with E-state index in [0.717, 1.165) is 6.42 Å². The molecule has 0 aliphatic heterocycles. The van der Waals surface area contributed by atoms with Crippen LogP contribution in [0.1, 0.15) is 16.9 Å². The molecule has 0 atom stereocenters.